The van der Waals surface area contributed by atoms with Gasteiger partial charge >= 0.3 is 0 Å². The van der Waals surface area contributed by atoms with Crippen LogP contribution in [0, 0.1) is 11.3 Å². The molecule has 0 aliphatic rings. The molecule has 4 aromatic rings. The molecule has 0 saturated carbocycles. The van der Waals surface area contributed by atoms with Gasteiger partial charge in [0.2, 0.25) is 5.95 Å². The number of halogens is 1. The molecule has 4 rings (SSSR count). The fourth-order valence-corrected chi connectivity index (χ4v) is 4.65. The summed E-state index contributed by atoms with van der Waals surface area (Å²) in [6.45, 7) is 0. The Hall–Kier alpha value is -3.74. The largest absolute Gasteiger partial charge is 0.494 e. The summed E-state index contributed by atoms with van der Waals surface area (Å²) in [5, 5.41) is 11.0. The highest BCUT2D eigenvalue weighted by Crippen LogP contribution is 2.40. The van der Waals surface area contributed by atoms with E-state index in [0.29, 0.717) is 5.39 Å². The third kappa shape index (κ3) is 3.74. The van der Waals surface area contributed by atoms with Gasteiger partial charge in [0.15, 0.2) is 0 Å². The first-order valence-corrected chi connectivity index (χ1v) is 10.7. The van der Waals surface area contributed by atoms with Gasteiger partial charge in [-0.3, -0.25) is 4.98 Å². The second-order valence-corrected chi connectivity index (χ2v) is 8.51. The summed E-state index contributed by atoms with van der Waals surface area (Å²) in [7, 11) is -2.84. The Labute approximate surface area is 183 Å². The van der Waals surface area contributed by atoms with E-state index < -0.39 is 10.0 Å². The van der Waals surface area contributed by atoms with Crippen molar-refractivity contribution in [2.45, 2.75) is 4.90 Å². The molecule has 0 amide bonds. The number of hydrogen-bond donors (Lipinski definition) is 0. The normalized spacial score (nSPS) is 11.1. The lowest BCUT2D eigenvalue weighted by Gasteiger charge is -2.24. The van der Waals surface area contributed by atoms with Gasteiger partial charge in [-0.15, -0.1) is 0 Å². The van der Waals surface area contributed by atoms with Crippen LogP contribution in [0.5, 0.6) is 5.75 Å². The molecule has 2 heterocycles. The van der Waals surface area contributed by atoms with Gasteiger partial charge in [-0.25, -0.2) is 18.4 Å². The number of rotatable bonds is 5. The van der Waals surface area contributed by atoms with Crippen molar-refractivity contribution < 1.29 is 13.2 Å². The molecule has 0 aliphatic heterocycles. The van der Waals surface area contributed by atoms with Crippen LogP contribution in [0.2, 0.25) is 5.02 Å². The van der Waals surface area contributed by atoms with Crippen molar-refractivity contribution >= 4 is 44.0 Å². The predicted octanol–water partition coefficient (Wildman–Crippen LogP) is 4.09. The lowest BCUT2D eigenvalue weighted by molar-refractivity contribution is 0.416. The third-order valence-corrected chi connectivity index (χ3v) is 6.49. The number of hydrogen-bond acceptors (Lipinski definition) is 7. The van der Waals surface area contributed by atoms with Crippen molar-refractivity contribution in [2.75, 3.05) is 11.4 Å². The molecule has 31 heavy (non-hydrogen) atoms. The highest BCUT2D eigenvalue weighted by molar-refractivity contribution is 7.93. The van der Waals surface area contributed by atoms with Crippen LogP contribution in [0.3, 0.4) is 0 Å². The zero-order valence-electron chi connectivity index (χ0n) is 16.1. The van der Waals surface area contributed by atoms with Crippen molar-refractivity contribution in [1.82, 2.24) is 15.0 Å². The van der Waals surface area contributed by atoms with E-state index in [1.54, 1.807) is 30.6 Å². The van der Waals surface area contributed by atoms with Gasteiger partial charge in [0.25, 0.3) is 10.0 Å². The van der Waals surface area contributed by atoms with Gasteiger partial charge in [-0.05, 0) is 35.7 Å². The first kappa shape index (κ1) is 20.5. The van der Waals surface area contributed by atoms with Crippen LogP contribution in [-0.2, 0) is 10.0 Å². The molecular weight excluding hydrogens is 438 g/mol. The van der Waals surface area contributed by atoms with E-state index in [2.05, 4.69) is 15.0 Å². The Morgan fingerprint density at radius 1 is 1.06 bits per heavy atom. The Morgan fingerprint density at radius 2 is 1.84 bits per heavy atom. The number of benzene rings is 2. The van der Waals surface area contributed by atoms with Crippen LogP contribution in [0.1, 0.15) is 5.56 Å². The Morgan fingerprint density at radius 3 is 2.55 bits per heavy atom. The molecule has 0 radical (unpaired) electrons. The van der Waals surface area contributed by atoms with E-state index in [1.807, 2.05) is 6.07 Å². The first-order chi connectivity index (χ1) is 15.0. The smallest absolute Gasteiger partial charge is 0.271 e. The monoisotopic (exact) mass is 451 g/mol. The maximum absolute atomic E-state index is 13.8. The zero-order chi connectivity index (χ0) is 22.0. The molecule has 2 aromatic heterocycles. The van der Waals surface area contributed by atoms with Crippen LogP contribution >= 0.6 is 11.6 Å². The van der Waals surface area contributed by atoms with Crippen LogP contribution in [0.25, 0.3) is 10.8 Å². The topological polar surface area (TPSA) is 109 Å². The number of ether oxygens (including phenoxy) is 1. The summed E-state index contributed by atoms with van der Waals surface area (Å²) < 4.78 is 33.9. The molecule has 154 valence electrons. The van der Waals surface area contributed by atoms with Gasteiger partial charge in [0, 0.05) is 36.2 Å². The Kier molecular flexibility index (Phi) is 5.42. The number of sulfonamides is 1. The van der Waals surface area contributed by atoms with Crippen molar-refractivity contribution in [3.63, 3.8) is 0 Å². The molecule has 0 N–H and O–H groups in total. The van der Waals surface area contributed by atoms with Crippen molar-refractivity contribution in [2.24, 2.45) is 0 Å². The van der Waals surface area contributed by atoms with Crippen LogP contribution in [0.15, 0.2) is 72.1 Å². The van der Waals surface area contributed by atoms with Crippen LogP contribution in [0.4, 0.5) is 11.6 Å². The molecule has 2 aromatic carbocycles. The van der Waals surface area contributed by atoms with E-state index in [4.69, 9.17) is 16.3 Å². The average molecular weight is 452 g/mol. The summed E-state index contributed by atoms with van der Waals surface area (Å²) in [6, 6.07) is 12.6. The van der Waals surface area contributed by atoms with Crippen LogP contribution in [-0.4, -0.2) is 30.5 Å². The quantitative estimate of drug-likeness (QED) is 0.449. The molecule has 0 saturated heterocycles. The van der Waals surface area contributed by atoms with Crippen LogP contribution < -0.4 is 9.04 Å². The minimum atomic E-state index is -4.21. The molecule has 0 spiro atoms. The highest BCUT2D eigenvalue weighted by Gasteiger charge is 2.32. The number of pyridine rings is 1. The Balaban J connectivity index is 1.99. The zero-order valence-corrected chi connectivity index (χ0v) is 17.7. The highest BCUT2D eigenvalue weighted by atomic mass is 35.5. The standard InChI is InChI=1S/C21H14ClN5O3S/c1-30-20-11-18(22)16(12-23)10-19(20)27(21-25-6-2-7-26-21)31(28,29)17-4-3-15-13-24-8-5-14(15)9-17/h2-11,13H,1H3. The number of methoxy groups -OCH3 is 1. The molecule has 10 heteroatoms. The van der Waals surface area contributed by atoms with E-state index >= 15 is 0 Å². The summed E-state index contributed by atoms with van der Waals surface area (Å²) in [5.41, 5.74) is 0.141. The van der Waals surface area contributed by atoms with Gasteiger partial charge in [0.1, 0.15) is 17.5 Å². The van der Waals surface area contributed by atoms with Gasteiger partial charge in [0.05, 0.1) is 22.6 Å². The lowest BCUT2D eigenvalue weighted by Crippen LogP contribution is -2.28. The maximum Gasteiger partial charge on any atom is 0.271 e. The number of anilines is 2. The minimum absolute atomic E-state index is 0.00848. The second kappa shape index (κ2) is 8.18. The molecule has 0 aliphatic carbocycles. The minimum Gasteiger partial charge on any atom is -0.494 e. The lowest BCUT2D eigenvalue weighted by atomic mass is 10.2. The number of nitrogens with zero attached hydrogens (tertiary/aromatic N) is 5. The molecular formula is C21H14ClN5O3S. The van der Waals surface area contributed by atoms with Gasteiger partial charge in [-0.2, -0.15) is 9.57 Å². The molecule has 8 nitrogen and oxygen atoms in total. The summed E-state index contributed by atoms with van der Waals surface area (Å²) in [6.07, 6.45) is 6.07. The fraction of sp³-hybridized carbons (Fsp3) is 0.0476. The molecule has 0 fully saturated rings. The molecule has 0 unspecified atom stereocenters. The van der Waals surface area contributed by atoms with E-state index in [-0.39, 0.29) is 32.9 Å². The van der Waals surface area contributed by atoms with Gasteiger partial charge < -0.3 is 4.74 Å². The number of fused-ring (bicyclic) bond motifs is 1. The number of nitriles is 1. The average Bonchev–Trinajstić information content (AvgIpc) is 2.80. The van der Waals surface area contributed by atoms with E-state index in [9.17, 15) is 13.7 Å². The molecule has 0 bridgehead atoms. The maximum atomic E-state index is 13.8. The van der Waals surface area contributed by atoms with Gasteiger partial charge in [-0.1, -0.05) is 17.7 Å². The summed E-state index contributed by atoms with van der Waals surface area (Å²) in [4.78, 5) is 12.3. The fourth-order valence-electron chi connectivity index (χ4n) is 3.02. The summed E-state index contributed by atoms with van der Waals surface area (Å²) >= 11 is 6.12. The van der Waals surface area contributed by atoms with E-state index in [0.717, 1.165) is 9.69 Å². The predicted molar refractivity (Wildman–Crippen MR) is 116 cm³/mol. The van der Waals surface area contributed by atoms with Crippen molar-refractivity contribution in [3.8, 4) is 11.8 Å². The van der Waals surface area contributed by atoms with Crippen molar-refractivity contribution in [1.29, 1.82) is 5.26 Å². The summed E-state index contributed by atoms with van der Waals surface area (Å²) in [5.74, 6) is 0.0341. The number of aromatic nitrogens is 3. The SMILES string of the molecule is COc1cc(Cl)c(C#N)cc1N(c1ncccn1)S(=O)(=O)c1ccc2cnccc2c1. The Bertz CT molecular complexity index is 1420. The molecule has 0 atom stereocenters. The second-order valence-electron chi connectivity index (χ2n) is 6.32. The van der Waals surface area contributed by atoms with E-state index in [1.165, 1.54) is 43.8 Å². The van der Waals surface area contributed by atoms with Crippen molar-refractivity contribution in [3.05, 3.63) is 77.8 Å². The first-order valence-electron chi connectivity index (χ1n) is 8.89. The third-order valence-electron chi connectivity index (χ3n) is 4.49.